The number of rotatable bonds is 5. The molecule has 0 saturated carbocycles. The number of aliphatic hydroxyl groups is 1. The SMILES string of the molecule is C=C[C@]1(C)c2nn(CCO)cc2CC[C@H]1C(C)(C)C(C)=O. The molecule has 116 valence electrons. The van der Waals surface area contributed by atoms with E-state index in [0.717, 1.165) is 18.5 Å². The number of ketones is 1. The number of allylic oxidation sites excluding steroid dienone is 1. The van der Waals surface area contributed by atoms with Crippen LogP contribution in [0.25, 0.3) is 0 Å². The Morgan fingerprint density at radius 3 is 2.86 bits per heavy atom. The van der Waals surface area contributed by atoms with Gasteiger partial charge in [0, 0.05) is 17.0 Å². The fraction of sp³-hybridized carbons (Fsp3) is 0.647. The van der Waals surface area contributed by atoms with Crippen LogP contribution in [0, 0.1) is 11.3 Å². The van der Waals surface area contributed by atoms with E-state index in [1.165, 1.54) is 5.56 Å². The summed E-state index contributed by atoms with van der Waals surface area (Å²) in [5.41, 5.74) is 1.50. The third kappa shape index (κ3) is 2.46. The first-order chi connectivity index (χ1) is 9.77. The van der Waals surface area contributed by atoms with Gasteiger partial charge in [-0.2, -0.15) is 5.10 Å². The first-order valence-electron chi connectivity index (χ1n) is 7.59. The Labute approximate surface area is 126 Å². The molecule has 1 N–H and O–H groups in total. The molecule has 1 aliphatic carbocycles. The van der Waals surface area contributed by atoms with Gasteiger partial charge in [-0.25, -0.2) is 0 Å². The summed E-state index contributed by atoms with van der Waals surface area (Å²) in [5, 5.41) is 13.8. The summed E-state index contributed by atoms with van der Waals surface area (Å²) < 4.78 is 1.80. The van der Waals surface area contributed by atoms with Crippen molar-refractivity contribution in [3.8, 4) is 0 Å². The monoisotopic (exact) mass is 290 g/mol. The van der Waals surface area contributed by atoms with Crippen LogP contribution in [0.4, 0.5) is 0 Å². The van der Waals surface area contributed by atoms with Gasteiger partial charge in [0.05, 0.1) is 18.8 Å². The molecular weight excluding hydrogens is 264 g/mol. The fourth-order valence-electron chi connectivity index (χ4n) is 3.68. The minimum Gasteiger partial charge on any atom is -0.394 e. The zero-order valence-corrected chi connectivity index (χ0v) is 13.5. The molecule has 1 aromatic heterocycles. The zero-order valence-electron chi connectivity index (χ0n) is 13.5. The number of nitrogens with zero attached hydrogens (tertiary/aromatic N) is 2. The summed E-state index contributed by atoms with van der Waals surface area (Å²) >= 11 is 0. The van der Waals surface area contributed by atoms with Gasteiger partial charge in [0.25, 0.3) is 0 Å². The van der Waals surface area contributed by atoms with Crippen LogP contribution >= 0.6 is 0 Å². The van der Waals surface area contributed by atoms with E-state index in [0.29, 0.717) is 6.54 Å². The van der Waals surface area contributed by atoms with Crippen molar-refractivity contribution >= 4 is 5.78 Å². The predicted octanol–water partition coefficient (Wildman–Crippen LogP) is 2.50. The molecule has 0 bridgehead atoms. The number of aliphatic hydroxyl groups excluding tert-OH is 1. The van der Waals surface area contributed by atoms with Crippen molar-refractivity contribution in [3.05, 3.63) is 30.1 Å². The molecule has 2 atom stereocenters. The standard InChI is InChI=1S/C17H26N2O2/c1-6-17(5)14(16(3,4)12(2)21)8-7-13-11-19(9-10-20)18-15(13)17/h6,11,14,20H,1,7-10H2,2-5H3/t14-,17-/m0/s1. The van der Waals surface area contributed by atoms with Gasteiger partial charge in [0.1, 0.15) is 5.78 Å². The highest BCUT2D eigenvalue weighted by atomic mass is 16.3. The number of aryl methyl sites for hydroxylation is 1. The van der Waals surface area contributed by atoms with Crippen molar-refractivity contribution in [2.45, 2.75) is 52.5 Å². The maximum Gasteiger partial charge on any atom is 0.135 e. The number of fused-ring (bicyclic) bond motifs is 1. The van der Waals surface area contributed by atoms with Crippen molar-refractivity contribution in [2.24, 2.45) is 11.3 Å². The summed E-state index contributed by atoms with van der Waals surface area (Å²) in [6.45, 7) is 12.5. The molecule has 0 unspecified atom stereocenters. The molecule has 1 heterocycles. The van der Waals surface area contributed by atoms with Gasteiger partial charge in [-0.1, -0.05) is 26.8 Å². The molecule has 2 rings (SSSR count). The maximum absolute atomic E-state index is 12.1. The number of hydrogen-bond acceptors (Lipinski definition) is 3. The summed E-state index contributed by atoms with van der Waals surface area (Å²) in [7, 11) is 0. The summed E-state index contributed by atoms with van der Waals surface area (Å²) in [6.07, 6.45) is 5.83. The van der Waals surface area contributed by atoms with E-state index in [1.54, 1.807) is 11.6 Å². The number of hydrogen-bond donors (Lipinski definition) is 1. The first-order valence-corrected chi connectivity index (χ1v) is 7.59. The van der Waals surface area contributed by atoms with Gasteiger partial charge in [-0.3, -0.25) is 9.48 Å². The molecule has 0 aliphatic heterocycles. The van der Waals surface area contributed by atoms with Crippen LogP contribution in [0.2, 0.25) is 0 Å². The molecule has 4 nitrogen and oxygen atoms in total. The number of carbonyl (C=O) groups excluding carboxylic acids is 1. The normalized spacial score (nSPS) is 25.5. The van der Waals surface area contributed by atoms with Crippen LogP contribution in [0.5, 0.6) is 0 Å². The van der Waals surface area contributed by atoms with Gasteiger partial charge < -0.3 is 5.11 Å². The lowest BCUT2D eigenvalue weighted by Crippen LogP contribution is -2.46. The maximum atomic E-state index is 12.1. The molecule has 1 aliphatic rings. The average Bonchev–Trinajstić information content (AvgIpc) is 2.83. The lowest BCUT2D eigenvalue weighted by Gasteiger charge is -2.46. The summed E-state index contributed by atoms with van der Waals surface area (Å²) in [5.74, 6) is 0.392. The average molecular weight is 290 g/mol. The van der Waals surface area contributed by atoms with Crippen LogP contribution in [0.3, 0.4) is 0 Å². The summed E-state index contributed by atoms with van der Waals surface area (Å²) in [4.78, 5) is 12.1. The largest absolute Gasteiger partial charge is 0.394 e. The number of Topliss-reactive ketones (excluding diaryl/α,β-unsaturated/α-hetero) is 1. The van der Waals surface area contributed by atoms with Crippen molar-refractivity contribution in [2.75, 3.05) is 6.61 Å². The van der Waals surface area contributed by atoms with Crippen LogP contribution < -0.4 is 0 Å². The molecule has 0 amide bonds. The highest BCUT2D eigenvalue weighted by Gasteiger charge is 2.49. The first kappa shape index (κ1) is 16.0. The van der Waals surface area contributed by atoms with Gasteiger partial charge in [0.15, 0.2) is 0 Å². The predicted molar refractivity (Wildman–Crippen MR) is 83.1 cm³/mol. The van der Waals surface area contributed by atoms with E-state index in [4.69, 9.17) is 5.11 Å². The molecule has 4 heteroatoms. The Bertz CT molecular complexity index is 559. The molecule has 1 aromatic rings. The topological polar surface area (TPSA) is 55.1 Å². The van der Waals surface area contributed by atoms with Crippen molar-refractivity contribution in [1.82, 2.24) is 9.78 Å². The molecule has 0 saturated heterocycles. The Morgan fingerprint density at radius 1 is 1.67 bits per heavy atom. The third-order valence-corrected chi connectivity index (χ3v) is 5.31. The van der Waals surface area contributed by atoms with Crippen LogP contribution in [0.15, 0.2) is 18.9 Å². The lowest BCUT2D eigenvalue weighted by molar-refractivity contribution is -0.129. The van der Waals surface area contributed by atoms with Gasteiger partial charge >= 0.3 is 0 Å². The van der Waals surface area contributed by atoms with E-state index in [9.17, 15) is 4.79 Å². The van der Waals surface area contributed by atoms with Crippen LogP contribution in [0.1, 0.15) is 45.4 Å². The smallest absolute Gasteiger partial charge is 0.135 e. The van der Waals surface area contributed by atoms with Crippen LogP contribution in [-0.4, -0.2) is 27.3 Å². The van der Waals surface area contributed by atoms with Crippen molar-refractivity contribution < 1.29 is 9.90 Å². The molecule has 0 aromatic carbocycles. The highest BCUT2D eigenvalue weighted by molar-refractivity contribution is 5.82. The van der Waals surface area contributed by atoms with E-state index in [1.807, 2.05) is 26.1 Å². The van der Waals surface area contributed by atoms with E-state index in [-0.39, 0.29) is 23.7 Å². The Kier molecular flexibility index (Phi) is 4.11. The van der Waals surface area contributed by atoms with Gasteiger partial charge in [0.2, 0.25) is 0 Å². The van der Waals surface area contributed by atoms with Crippen LogP contribution in [-0.2, 0) is 23.2 Å². The van der Waals surface area contributed by atoms with E-state index in [2.05, 4.69) is 18.6 Å². The Balaban J connectivity index is 2.50. The number of carbonyl (C=O) groups is 1. The minimum atomic E-state index is -0.401. The highest BCUT2D eigenvalue weighted by Crippen LogP contribution is 2.50. The quantitative estimate of drug-likeness (QED) is 0.848. The molecule has 0 spiro atoms. The zero-order chi connectivity index (χ0) is 15.8. The second kappa shape index (κ2) is 5.41. The third-order valence-electron chi connectivity index (χ3n) is 5.31. The van der Waals surface area contributed by atoms with Gasteiger partial charge in [-0.15, -0.1) is 6.58 Å². The second-order valence-corrected chi connectivity index (χ2v) is 6.85. The summed E-state index contributed by atoms with van der Waals surface area (Å²) in [6, 6.07) is 0. The fourth-order valence-corrected chi connectivity index (χ4v) is 3.68. The van der Waals surface area contributed by atoms with Gasteiger partial charge in [-0.05, 0) is 31.2 Å². The van der Waals surface area contributed by atoms with Crippen molar-refractivity contribution in [1.29, 1.82) is 0 Å². The Morgan fingerprint density at radius 2 is 2.33 bits per heavy atom. The number of aromatic nitrogens is 2. The van der Waals surface area contributed by atoms with E-state index >= 15 is 0 Å². The molecular formula is C17H26N2O2. The molecule has 0 radical (unpaired) electrons. The molecule has 0 fully saturated rings. The molecule has 21 heavy (non-hydrogen) atoms. The van der Waals surface area contributed by atoms with Crippen molar-refractivity contribution in [3.63, 3.8) is 0 Å². The Hall–Kier alpha value is -1.42. The second-order valence-electron chi connectivity index (χ2n) is 6.85. The van der Waals surface area contributed by atoms with E-state index < -0.39 is 5.41 Å². The minimum absolute atomic E-state index is 0.0771. The lowest BCUT2D eigenvalue weighted by atomic mass is 9.57.